The van der Waals surface area contributed by atoms with E-state index in [2.05, 4.69) is 6.08 Å². The Morgan fingerprint density at radius 2 is 2.15 bits per heavy atom. The van der Waals surface area contributed by atoms with Gasteiger partial charge in [-0.1, -0.05) is 18.1 Å². The summed E-state index contributed by atoms with van der Waals surface area (Å²) >= 11 is 0. The zero-order valence-electron chi connectivity index (χ0n) is 8.04. The molecule has 2 nitrogen and oxygen atoms in total. The summed E-state index contributed by atoms with van der Waals surface area (Å²) in [5.41, 5.74) is 1.45. The van der Waals surface area contributed by atoms with Crippen LogP contribution < -0.4 is 0 Å². The van der Waals surface area contributed by atoms with E-state index in [1.165, 1.54) is 37.7 Å². The van der Waals surface area contributed by atoms with E-state index in [9.17, 15) is 5.11 Å². The van der Waals surface area contributed by atoms with Gasteiger partial charge in [-0.05, 0) is 25.7 Å². The van der Waals surface area contributed by atoms with Gasteiger partial charge in [-0.3, -0.25) is 0 Å². The molecule has 1 saturated heterocycles. The Labute approximate surface area is 79.6 Å². The highest BCUT2D eigenvalue weighted by molar-refractivity contribution is 5.11. The molecule has 0 aromatic carbocycles. The minimum Gasteiger partial charge on any atom is -0.390 e. The molecule has 1 aliphatic heterocycles. The summed E-state index contributed by atoms with van der Waals surface area (Å²) in [6.45, 7) is 1.26. The second-order valence-corrected chi connectivity index (χ2v) is 4.09. The molecule has 2 atom stereocenters. The van der Waals surface area contributed by atoms with Crippen molar-refractivity contribution in [2.24, 2.45) is 5.92 Å². The van der Waals surface area contributed by atoms with Gasteiger partial charge in [-0.25, -0.2) is 0 Å². The minimum atomic E-state index is -0.246. The van der Waals surface area contributed by atoms with Gasteiger partial charge in [-0.15, -0.1) is 0 Å². The quantitative estimate of drug-likeness (QED) is 0.627. The first-order valence-corrected chi connectivity index (χ1v) is 5.32. The number of hydrogen-bond acceptors (Lipinski definition) is 2. The van der Waals surface area contributed by atoms with Crippen molar-refractivity contribution < 1.29 is 9.84 Å². The largest absolute Gasteiger partial charge is 0.390 e. The normalized spacial score (nSPS) is 35.6. The zero-order valence-corrected chi connectivity index (χ0v) is 8.04. The van der Waals surface area contributed by atoms with Crippen LogP contribution in [0.4, 0.5) is 0 Å². The lowest BCUT2D eigenvalue weighted by atomic mass is 9.92. The maximum atomic E-state index is 9.67. The van der Waals surface area contributed by atoms with Gasteiger partial charge in [0.2, 0.25) is 0 Å². The second-order valence-electron chi connectivity index (χ2n) is 4.09. The van der Waals surface area contributed by atoms with Crippen molar-refractivity contribution in [3.63, 3.8) is 0 Å². The zero-order chi connectivity index (χ0) is 9.10. The van der Waals surface area contributed by atoms with Gasteiger partial charge in [0.25, 0.3) is 0 Å². The third kappa shape index (κ3) is 2.12. The molecule has 2 aliphatic rings. The van der Waals surface area contributed by atoms with Gasteiger partial charge >= 0.3 is 0 Å². The molecule has 2 rings (SSSR count). The molecule has 13 heavy (non-hydrogen) atoms. The van der Waals surface area contributed by atoms with Gasteiger partial charge < -0.3 is 9.84 Å². The molecule has 2 heteroatoms. The Balaban J connectivity index is 2.00. The standard InChI is InChI=1S/C11H18O2/c12-11-8-13-7-10(11)9-5-3-1-2-4-6-9/h5,10-12H,1-4,6-8H2. The molecule has 0 aromatic rings. The molecule has 1 heterocycles. The van der Waals surface area contributed by atoms with E-state index >= 15 is 0 Å². The lowest BCUT2D eigenvalue weighted by molar-refractivity contribution is 0.121. The second kappa shape index (κ2) is 4.25. The topological polar surface area (TPSA) is 29.5 Å². The summed E-state index contributed by atoms with van der Waals surface area (Å²) in [7, 11) is 0. The van der Waals surface area contributed by atoms with Crippen LogP contribution in [0.5, 0.6) is 0 Å². The smallest absolute Gasteiger partial charge is 0.0860 e. The SMILES string of the molecule is OC1COCC1C1=CCCCCC1. The van der Waals surface area contributed by atoms with Crippen molar-refractivity contribution >= 4 is 0 Å². The number of ether oxygens (including phenoxy) is 1. The fourth-order valence-corrected chi connectivity index (χ4v) is 2.27. The van der Waals surface area contributed by atoms with Crippen LogP contribution >= 0.6 is 0 Å². The summed E-state index contributed by atoms with van der Waals surface area (Å²) in [5, 5.41) is 9.67. The number of allylic oxidation sites excluding steroid dienone is 1. The summed E-state index contributed by atoms with van der Waals surface area (Å²) in [5.74, 6) is 0.304. The van der Waals surface area contributed by atoms with E-state index in [1.807, 2.05) is 0 Å². The maximum absolute atomic E-state index is 9.67. The molecular formula is C11H18O2. The van der Waals surface area contributed by atoms with Crippen molar-refractivity contribution in [2.75, 3.05) is 13.2 Å². The summed E-state index contributed by atoms with van der Waals surface area (Å²) in [6, 6.07) is 0. The summed E-state index contributed by atoms with van der Waals surface area (Å²) in [6.07, 6.45) is 8.38. The van der Waals surface area contributed by atoms with Crippen molar-refractivity contribution in [3.8, 4) is 0 Å². The van der Waals surface area contributed by atoms with Crippen LogP contribution in [0.1, 0.15) is 32.1 Å². The van der Waals surface area contributed by atoms with Crippen molar-refractivity contribution in [1.82, 2.24) is 0 Å². The van der Waals surface area contributed by atoms with E-state index in [0.29, 0.717) is 12.5 Å². The number of aliphatic hydroxyl groups is 1. The lowest BCUT2D eigenvalue weighted by Crippen LogP contribution is -2.19. The molecule has 0 saturated carbocycles. The van der Waals surface area contributed by atoms with Crippen molar-refractivity contribution in [3.05, 3.63) is 11.6 Å². The van der Waals surface area contributed by atoms with Crippen molar-refractivity contribution in [1.29, 1.82) is 0 Å². The highest BCUT2D eigenvalue weighted by atomic mass is 16.5. The molecule has 1 fully saturated rings. The van der Waals surface area contributed by atoms with Gasteiger partial charge in [0.1, 0.15) is 0 Å². The Morgan fingerprint density at radius 1 is 1.23 bits per heavy atom. The first kappa shape index (κ1) is 9.22. The van der Waals surface area contributed by atoms with Gasteiger partial charge in [0, 0.05) is 5.92 Å². The highest BCUT2D eigenvalue weighted by Crippen LogP contribution is 2.29. The van der Waals surface area contributed by atoms with Crippen LogP contribution in [-0.4, -0.2) is 24.4 Å². The van der Waals surface area contributed by atoms with E-state index in [4.69, 9.17) is 4.74 Å². The predicted octanol–water partition coefficient (Wildman–Crippen LogP) is 1.88. The molecule has 0 amide bonds. The van der Waals surface area contributed by atoms with Gasteiger partial charge in [0.05, 0.1) is 19.3 Å². The minimum absolute atomic E-state index is 0.246. The number of hydrogen-bond donors (Lipinski definition) is 1. The monoisotopic (exact) mass is 182 g/mol. The summed E-state index contributed by atoms with van der Waals surface area (Å²) < 4.78 is 5.27. The first-order valence-electron chi connectivity index (χ1n) is 5.32. The van der Waals surface area contributed by atoms with E-state index in [0.717, 1.165) is 6.61 Å². The molecule has 2 unspecified atom stereocenters. The molecule has 1 aliphatic carbocycles. The molecule has 74 valence electrons. The Bertz CT molecular complexity index is 198. The number of aliphatic hydroxyl groups excluding tert-OH is 1. The highest BCUT2D eigenvalue weighted by Gasteiger charge is 2.29. The third-order valence-electron chi connectivity index (χ3n) is 3.10. The Kier molecular flexibility index (Phi) is 3.01. The fourth-order valence-electron chi connectivity index (χ4n) is 2.27. The molecule has 1 N–H and O–H groups in total. The Hall–Kier alpha value is -0.340. The molecular weight excluding hydrogens is 164 g/mol. The van der Waals surface area contributed by atoms with E-state index in [-0.39, 0.29) is 6.10 Å². The van der Waals surface area contributed by atoms with E-state index in [1.54, 1.807) is 0 Å². The predicted molar refractivity (Wildman–Crippen MR) is 51.5 cm³/mol. The van der Waals surface area contributed by atoms with Gasteiger partial charge in [-0.2, -0.15) is 0 Å². The first-order chi connectivity index (χ1) is 6.38. The maximum Gasteiger partial charge on any atom is 0.0860 e. The van der Waals surface area contributed by atoms with E-state index < -0.39 is 0 Å². The van der Waals surface area contributed by atoms with Gasteiger partial charge in [0.15, 0.2) is 0 Å². The van der Waals surface area contributed by atoms with Crippen LogP contribution in [0.15, 0.2) is 11.6 Å². The Morgan fingerprint density at radius 3 is 2.92 bits per heavy atom. The van der Waals surface area contributed by atoms with Crippen molar-refractivity contribution in [2.45, 2.75) is 38.2 Å². The van der Waals surface area contributed by atoms with Crippen LogP contribution in [-0.2, 0) is 4.74 Å². The van der Waals surface area contributed by atoms with Crippen LogP contribution in [0.2, 0.25) is 0 Å². The molecule has 0 bridgehead atoms. The third-order valence-corrected chi connectivity index (χ3v) is 3.10. The number of rotatable bonds is 1. The van der Waals surface area contributed by atoms with Crippen LogP contribution in [0.3, 0.4) is 0 Å². The average molecular weight is 182 g/mol. The molecule has 0 spiro atoms. The molecule has 0 radical (unpaired) electrons. The average Bonchev–Trinajstić information content (AvgIpc) is 2.43. The van der Waals surface area contributed by atoms with Crippen LogP contribution in [0.25, 0.3) is 0 Å². The van der Waals surface area contributed by atoms with Crippen LogP contribution in [0, 0.1) is 5.92 Å². The summed E-state index contributed by atoms with van der Waals surface area (Å²) in [4.78, 5) is 0. The fraction of sp³-hybridized carbons (Fsp3) is 0.818. The lowest BCUT2D eigenvalue weighted by Gasteiger charge is -2.15. The molecule has 0 aromatic heterocycles.